The van der Waals surface area contributed by atoms with Crippen molar-refractivity contribution < 1.29 is 9.53 Å². The van der Waals surface area contributed by atoms with E-state index in [0.29, 0.717) is 5.56 Å². The molecule has 0 fully saturated rings. The van der Waals surface area contributed by atoms with Crippen LogP contribution in [0, 0.1) is 6.92 Å². The summed E-state index contributed by atoms with van der Waals surface area (Å²) in [5.41, 5.74) is 3.52. The summed E-state index contributed by atoms with van der Waals surface area (Å²) in [4.78, 5) is 14.9. The van der Waals surface area contributed by atoms with Crippen molar-refractivity contribution in [2.75, 3.05) is 7.11 Å². The van der Waals surface area contributed by atoms with Gasteiger partial charge in [0.05, 0.1) is 7.11 Å². The molecule has 1 aromatic heterocycles. The number of methoxy groups -OCH3 is 1. The van der Waals surface area contributed by atoms with E-state index in [1.807, 2.05) is 31.2 Å². The average Bonchev–Trinajstić information content (AvgIpc) is 2.38. The molecule has 2 aromatic rings. The third-order valence-corrected chi connectivity index (χ3v) is 2.68. The number of aldehydes is 1. The van der Waals surface area contributed by atoms with Gasteiger partial charge in [-0.3, -0.25) is 9.78 Å². The van der Waals surface area contributed by atoms with Crippen LogP contribution in [0.15, 0.2) is 36.7 Å². The van der Waals surface area contributed by atoms with E-state index >= 15 is 0 Å². The Bertz CT molecular complexity index is 550. The van der Waals surface area contributed by atoms with Crippen molar-refractivity contribution in [1.82, 2.24) is 4.98 Å². The first-order valence-electron chi connectivity index (χ1n) is 5.30. The van der Waals surface area contributed by atoms with E-state index in [-0.39, 0.29) is 0 Å². The van der Waals surface area contributed by atoms with Crippen molar-refractivity contribution in [2.45, 2.75) is 6.92 Å². The Kier molecular flexibility index (Phi) is 3.19. The maximum absolute atomic E-state index is 10.9. The Morgan fingerprint density at radius 3 is 2.76 bits per heavy atom. The monoisotopic (exact) mass is 227 g/mol. The Balaban J connectivity index is 2.53. The Morgan fingerprint density at radius 2 is 2.12 bits per heavy atom. The van der Waals surface area contributed by atoms with Gasteiger partial charge in [0.1, 0.15) is 5.75 Å². The van der Waals surface area contributed by atoms with Crippen LogP contribution in [0.1, 0.15) is 15.9 Å². The smallest absolute Gasteiger partial charge is 0.152 e. The SMILES string of the molecule is COc1ccc(-c2ccncc2C=O)cc1C. The molecule has 0 saturated carbocycles. The summed E-state index contributed by atoms with van der Waals surface area (Å²) >= 11 is 0. The number of benzene rings is 1. The summed E-state index contributed by atoms with van der Waals surface area (Å²) < 4.78 is 5.21. The van der Waals surface area contributed by atoms with Gasteiger partial charge in [0, 0.05) is 18.0 Å². The second kappa shape index (κ2) is 4.78. The second-order valence-electron chi connectivity index (χ2n) is 3.77. The van der Waals surface area contributed by atoms with Gasteiger partial charge in [-0.1, -0.05) is 6.07 Å². The van der Waals surface area contributed by atoms with Crippen LogP contribution < -0.4 is 4.74 Å². The normalized spacial score (nSPS) is 10.0. The molecule has 3 nitrogen and oxygen atoms in total. The minimum atomic E-state index is 0.595. The molecule has 3 heteroatoms. The van der Waals surface area contributed by atoms with Crippen LogP contribution in [0.5, 0.6) is 5.75 Å². The summed E-state index contributed by atoms with van der Waals surface area (Å²) in [5, 5.41) is 0. The summed E-state index contributed by atoms with van der Waals surface area (Å²) in [6, 6.07) is 7.68. The van der Waals surface area contributed by atoms with E-state index < -0.39 is 0 Å². The number of ether oxygens (including phenoxy) is 1. The summed E-state index contributed by atoms with van der Waals surface area (Å²) in [6.07, 6.45) is 4.08. The number of carbonyl (C=O) groups excluding carboxylic acids is 1. The molecule has 0 aliphatic rings. The number of carbonyl (C=O) groups is 1. The lowest BCUT2D eigenvalue weighted by Gasteiger charge is -2.08. The first-order chi connectivity index (χ1) is 8.26. The molecule has 0 N–H and O–H groups in total. The molecule has 0 atom stereocenters. The molecule has 0 radical (unpaired) electrons. The fourth-order valence-corrected chi connectivity index (χ4v) is 1.81. The molecular formula is C14H13NO2. The lowest BCUT2D eigenvalue weighted by atomic mass is 10.0. The minimum absolute atomic E-state index is 0.595. The predicted octanol–water partition coefficient (Wildman–Crippen LogP) is 2.88. The maximum atomic E-state index is 10.9. The van der Waals surface area contributed by atoms with Gasteiger partial charge in [-0.05, 0) is 41.8 Å². The molecule has 0 bridgehead atoms. The Hall–Kier alpha value is -2.16. The largest absolute Gasteiger partial charge is 0.496 e. The lowest BCUT2D eigenvalue weighted by Crippen LogP contribution is -1.91. The van der Waals surface area contributed by atoms with Gasteiger partial charge in [-0.25, -0.2) is 0 Å². The van der Waals surface area contributed by atoms with Crippen LogP contribution in [-0.2, 0) is 0 Å². The fraction of sp³-hybridized carbons (Fsp3) is 0.143. The molecule has 0 spiro atoms. The molecular weight excluding hydrogens is 214 g/mol. The zero-order valence-corrected chi connectivity index (χ0v) is 9.81. The van der Waals surface area contributed by atoms with Crippen LogP contribution in [0.25, 0.3) is 11.1 Å². The Labute approximate surface area is 100 Å². The summed E-state index contributed by atoms with van der Waals surface area (Å²) in [5.74, 6) is 0.843. The van der Waals surface area contributed by atoms with Gasteiger partial charge in [0.15, 0.2) is 6.29 Å². The molecule has 0 amide bonds. The number of rotatable bonds is 3. The molecule has 2 rings (SSSR count). The highest BCUT2D eigenvalue weighted by Crippen LogP contribution is 2.27. The molecule has 1 aromatic carbocycles. The first kappa shape index (κ1) is 11.3. The van der Waals surface area contributed by atoms with Crippen molar-refractivity contribution in [3.63, 3.8) is 0 Å². The highest BCUT2D eigenvalue weighted by molar-refractivity contribution is 5.87. The minimum Gasteiger partial charge on any atom is -0.496 e. The number of hydrogen-bond donors (Lipinski definition) is 0. The molecule has 0 saturated heterocycles. The summed E-state index contributed by atoms with van der Waals surface area (Å²) in [6.45, 7) is 1.98. The molecule has 0 aliphatic heterocycles. The number of nitrogens with zero attached hydrogens (tertiary/aromatic N) is 1. The molecule has 86 valence electrons. The quantitative estimate of drug-likeness (QED) is 0.757. The average molecular weight is 227 g/mol. The van der Waals surface area contributed by atoms with E-state index in [2.05, 4.69) is 4.98 Å². The van der Waals surface area contributed by atoms with Gasteiger partial charge in [-0.15, -0.1) is 0 Å². The number of pyridine rings is 1. The third-order valence-electron chi connectivity index (χ3n) is 2.68. The van der Waals surface area contributed by atoms with Gasteiger partial charge in [-0.2, -0.15) is 0 Å². The van der Waals surface area contributed by atoms with Gasteiger partial charge < -0.3 is 4.74 Å². The van der Waals surface area contributed by atoms with E-state index in [4.69, 9.17) is 4.74 Å². The second-order valence-corrected chi connectivity index (χ2v) is 3.77. The highest BCUT2D eigenvalue weighted by Gasteiger charge is 2.06. The molecule has 0 unspecified atom stereocenters. The third kappa shape index (κ3) is 2.18. The predicted molar refractivity (Wildman–Crippen MR) is 66.3 cm³/mol. The topological polar surface area (TPSA) is 39.2 Å². The Morgan fingerprint density at radius 1 is 1.29 bits per heavy atom. The van der Waals surface area contributed by atoms with Gasteiger partial charge >= 0.3 is 0 Å². The van der Waals surface area contributed by atoms with Gasteiger partial charge in [0.2, 0.25) is 0 Å². The number of hydrogen-bond acceptors (Lipinski definition) is 3. The van der Waals surface area contributed by atoms with Crippen LogP contribution >= 0.6 is 0 Å². The van der Waals surface area contributed by atoms with Crippen LogP contribution in [0.3, 0.4) is 0 Å². The summed E-state index contributed by atoms with van der Waals surface area (Å²) in [7, 11) is 1.64. The van der Waals surface area contributed by atoms with Crippen LogP contribution in [-0.4, -0.2) is 18.4 Å². The van der Waals surface area contributed by atoms with Crippen molar-refractivity contribution in [3.05, 3.63) is 47.8 Å². The highest BCUT2D eigenvalue weighted by atomic mass is 16.5. The number of aromatic nitrogens is 1. The van der Waals surface area contributed by atoms with Crippen molar-refractivity contribution in [2.24, 2.45) is 0 Å². The fourth-order valence-electron chi connectivity index (χ4n) is 1.81. The van der Waals surface area contributed by atoms with E-state index in [1.54, 1.807) is 19.5 Å². The van der Waals surface area contributed by atoms with Gasteiger partial charge in [0.25, 0.3) is 0 Å². The molecule has 1 heterocycles. The zero-order chi connectivity index (χ0) is 12.3. The zero-order valence-electron chi connectivity index (χ0n) is 9.81. The lowest BCUT2D eigenvalue weighted by molar-refractivity contribution is 0.112. The van der Waals surface area contributed by atoms with E-state index in [9.17, 15) is 4.79 Å². The van der Waals surface area contributed by atoms with Crippen LogP contribution in [0.4, 0.5) is 0 Å². The molecule has 0 aliphatic carbocycles. The molecule has 17 heavy (non-hydrogen) atoms. The first-order valence-corrected chi connectivity index (χ1v) is 5.30. The van der Waals surface area contributed by atoms with Crippen molar-refractivity contribution in [1.29, 1.82) is 0 Å². The number of aryl methyl sites for hydroxylation is 1. The standard InChI is InChI=1S/C14H13NO2/c1-10-7-11(3-4-14(10)17-2)13-5-6-15-8-12(13)9-16/h3-9H,1-2H3. The van der Waals surface area contributed by atoms with E-state index in [1.165, 1.54) is 0 Å². The van der Waals surface area contributed by atoms with E-state index in [0.717, 1.165) is 28.7 Å². The van der Waals surface area contributed by atoms with Crippen molar-refractivity contribution in [3.8, 4) is 16.9 Å². The van der Waals surface area contributed by atoms with Crippen molar-refractivity contribution >= 4 is 6.29 Å². The maximum Gasteiger partial charge on any atom is 0.152 e. The van der Waals surface area contributed by atoms with Crippen LogP contribution in [0.2, 0.25) is 0 Å².